The molecule has 0 amide bonds. The molecule has 0 atom stereocenters. The zero-order chi connectivity index (χ0) is 6.91. The lowest BCUT2D eigenvalue weighted by atomic mass is 10.5. The molecule has 0 unspecified atom stereocenters. The van der Waals surface area contributed by atoms with E-state index in [4.69, 9.17) is 0 Å². The van der Waals surface area contributed by atoms with E-state index in [0.717, 1.165) is 11.3 Å². The quantitative estimate of drug-likeness (QED) is 0.566. The molecule has 1 heterocycles. The smallest absolute Gasteiger partial charge is 0.182 e. The van der Waals surface area contributed by atoms with Gasteiger partial charge in [0.1, 0.15) is 0 Å². The first-order valence-electron chi connectivity index (χ1n) is 2.21. The minimum absolute atomic E-state index is 0.107. The van der Waals surface area contributed by atoms with Crippen LogP contribution in [0, 0.1) is 0 Å². The minimum atomic E-state index is -3.19. The molecule has 0 N–H and O–H groups in total. The van der Waals surface area contributed by atoms with Gasteiger partial charge in [0.15, 0.2) is 0 Å². The lowest BCUT2D eigenvalue weighted by Gasteiger charge is -2.01. The highest BCUT2D eigenvalue weighted by atomic mass is 35.5. The van der Waals surface area contributed by atoms with E-state index in [1.165, 1.54) is 12.1 Å². The van der Waals surface area contributed by atoms with Crippen molar-refractivity contribution in [2.45, 2.75) is 5.38 Å². The van der Waals surface area contributed by atoms with Crippen LogP contribution in [0.25, 0.3) is 0 Å². The highest BCUT2D eigenvalue weighted by Gasteiger charge is 2.28. The van der Waals surface area contributed by atoms with Crippen LogP contribution in [0.5, 0.6) is 0 Å². The molecule has 50 valence electrons. The monoisotopic (exact) mass is 168 g/mol. The number of thiophene rings is 1. The SMILES string of the molecule is FC(F)(Cl)c1cccs1. The summed E-state index contributed by atoms with van der Waals surface area (Å²) in [6.07, 6.45) is 0. The van der Waals surface area contributed by atoms with E-state index in [2.05, 4.69) is 11.6 Å². The van der Waals surface area contributed by atoms with Crippen molar-refractivity contribution in [3.05, 3.63) is 22.4 Å². The van der Waals surface area contributed by atoms with Gasteiger partial charge in [0.2, 0.25) is 0 Å². The van der Waals surface area contributed by atoms with Crippen molar-refractivity contribution in [3.63, 3.8) is 0 Å². The summed E-state index contributed by atoms with van der Waals surface area (Å²) in [5.74, 6) is 0. The van der Waals surface area contributed by atoms with Crippen LogP contribution in [0.15, 0.2) is 17.5 Å². The second kappa shape index (κ2) is 2.23. The van der Waals surface area contributed by atoms with Crippen LogP contribution < -0.4 is 0 Å². The Morgan fingerprint density at radius 3 is 2.44 bits per heavy atom. The molecular weight excluding hydrogens is 166 g/mol. The second-order valence-electron chi connectivity index (χ2n) is 1.48. The largest absolute Gasteiger partial charge is 0.357 e. The normalized spacial score (nSPS) is 11.9. The summed E-state index contributed by atoms with van der Waals surface area (Å²) in [4.78, 5) is -0.107. The van der Waals surface area contributed by atoms with E-state index in [0.29, 0.717) is 0 Å². The summed E-state index contributed by atoms with van der Waals surface area (Å²) in [6, 6.07) is 2.84. The van der Waals surface area contributed by atoms with Gasteiger partial charge in [-0.05, 0) is 23.0 Å². The third-order valence-corrected chi connectivity index (χ3v) is 2.06. The van der Waals surface area contributed by atoms with Crippen LogP contribution >= 0.6 is 22.9 Å². The number of hydrogen-bond donors (Lipinski definition) is 0. The molecule has 0 spiro atoms. The van der Waals surface area contributed by atoms with Gasteiger partial charge in [0.05, 0.1) is 4.88 Å². The van der Waals surface area contributed by atoms with E-state index < -0.39 is 5.38 Å². The number of alkyl halides is 3. The summed E-state index contributed by atoms with van der Waals surface area (Å²) < 4.78 is 24.1. The van der Waals surface area contributed by atoms with Gasteiger partial charge in [-0.15, -0.1) is 11.3 Å². The van der Waals surface area contributed by atoms with Gasteiger partial charge in [-0.2, -0.15) is 8.78 Å². The molecule has 1 aromatic rings. The van der Waals surface area contributed by atoms with Crippen LogP contribution in [0.2, 0.25) is 0 Å². The van der Waals surface area contributed by atoms with Crippen molar-refractivity contribution in [1.29, 1.82) is 0 Å². The van der Waals surface area contributed by atoms with Crippen molar-refractivity contribution in [3.8, 4) is 0 Å². The van der Waals surface area contributed by atoms with Crippen LogP contribution in [0.3, 0.4) is 0 Å². The number of rotatable bonds is 1. The van der Waals surface area contributed by atoms with Crippen molar-refractivity contribution in [2.24, 2.45) is 0 Å². The van der Waals surface area contributed by atoms with E-state index in [1.54, 1.807) is 5.38 Å². The Kier molecular flexibility index (Phi) is 1.73. The maximum atomic E-state index is 12.1. The predicted octanol–water partition coefficient (Wildman–Crippen LogP) is 3.04. The zero-order valence-electron chi connectivity index (χ0n) is 4.27. The molecule has 0 radical (unpaired) electrons. The Labute approximate surface area is 60.1 Å². The Balaban J connectivity index is 2.90. The first-order valence-corrected chi connectivity index (χ1v) is 3.47. The summed E-state index contributed by atoms with van der Waals surface area (Å²) >= 11 is 5.62. The molecule has 0 aromatic carbocycles. The summed E-state index contributed by atoms with van der Waals surface area (Å²) in [5, 5.41) is -1.63. The fraction of sp³-hybridized carbons (Fsp3) is 0.200. The standard InChI is InChI=1S/C5H3ClF2S/c6-5(7,8)4-2-1-3-9-4/h1-3H. The lowest BCUT2D eigenvalue weighted by molar-refractivity contribution is 0.0994. The molecular formula is C5H3ClF2S. The Bertz CT molecular complexity index is 177. The molecule has 0 aliphatic carbocycles. The summed E-state index contributed by atoms with van der Waals surface area (Å²) in [6.45, 7) is 0. The number of hydrogen-bond acceptors (Lipinski definition) is 1. The molecule has 0 saturated carbocycles. The zero-order valence-corrected chi connectivity index (χ0v) is 5.85. The molecule has 0 bridgehead atoms. The predicted molar refractivity (Wildman–Crippen MR) is 34.1 cm³/mol. The maximum absolute atomic E-state index is 12.1. The topological polar surface area (TPSA) is 0 Å². The van der Waals surface area contributed by atoms with E-state index in [9.17, 15) is 8.78 Å². The first kappa shape index (κ1) is 6.96. The molecule has 0 aliphatic rings. The van der Waals surface area contributed by atoms with Gasteiger partial charge in [0, 0.05) is 0 Å². The third kappa shape index (κ3) is 1.63. The van der Waals surface area contributed by atoms with Crippen LogP contribution in [0.1, 0.15) is 4.88 Å². The van der Waals surface area contributed by atoms with Gasteiger partial charge < -0.3 is 0 Å². The average molecular weight is 169 g/mol. The maximum Gasteiger partial charge on any atom is 0.357 e. The highest BCUT2D eigenvalue weighted by Crippen LogP contribution is 2.34. The van der Waals surface area contributed by atoms with Gasteiger partial charge in [0.25, 0.3) is 0 Å². The van der Waals surface area contributed by atoms with Gasteiger partial charge in [-0.3, -0.25) is 0 Å². The molecule has 0 aliphatic heterocycles. The molecule has 9 heavy (non-hydrogen) atoms. The van der Waals surface area contributed by atoms with Gasteiger partial charge in [-0.25, -0.2) is 0 Å². The summed E-state index contributed by atoms with van der Waals surface area (Å²) in [5.41, 5.74) is 0. The van der Waals surface area contributed by atoms with Crippen LogP contribution in [-0.4, -0.2) is 0 Å². The van der Waals surface area contributed by atoms with Gasteiger partial charge in [-0.1, -0.05) is 6.07 Å². The Morgan fingerprint density at radius 2 is 2.22 bits per heavy atom. The van der Waals surface area contributed by atoms with Crippen LogP contribution in [0.4, 0.5) is 8.78 Å². The number of halogens is 3. The summed E-state index contributed by atoms with van der Waals surface area (Å²) in [7, 11) is 0. The molecule has 0 nitrogen and oxygen atoms in total. The Hall–Kier alpha value is -0.150. The van der Waals surface area contributed by atoms with Crippen molar-refractivity contribution in [1.82, 2.24) is 0 Å². The van der Waals surface area contributed by atoms with Crippen molar-refractivity contribution >= 4 is 22.9 Å². The van der Waals surface area contributed by atoms with E-state index in [1.807, 2.05) is 0 Å². The molecule has 1 rings (SSSR count). The fourth-order valence-electron chi connectivity index (χ4n) is 0.440. The fourth-order valence-corrected chi connectivity index (χ4v) is 1.23. The minimum Gasteiger partial charge on any atom is -0.182 e. The average Bonchev–Trinajstić information content (AvgIpc) is 2.08. The molecule has 4 heteroatoms. The highest BCUT2D eigenvalue weighted by molar-refractivity contribution is 7.10. The van der Waals surface area contributed by atoms with E-state index >= 15 is 0 Å². The molecule has 0 saturated heterocycles. The molecule has 0 fully saturated rings. The van der Waals surface area contributed by atoms with Crippen LogP contribution in [-0.2, 0) is 5.38 Å². The van der Waals surface area contributed by atoms with E-state index in [-0.39, 0.29) is 4.88 Å². The third-order valence-electron chi connectivity index (χ3n) is 0.801. The van der Waals surface area contributed by atoms with Crippen molar-refractivity contribution < 1.29 is 8.78 Å². The Morgan fingerprint density at radius 1 is 1.56 bits per heavy atom. The second-order valence-corrected chi connectivity index (χ2v) is 2.90. The lowest BCUT2D eigenvalue weighted by Crippen LogP contribution is -1.98. The van der Waals surface area contributed by atoms with Crippen molar-refractivity contribution in [2.75, 3.05) is 0 Å². The first-order chi connectivity index (χ1) is 4.11. The molecule has 1 aromatic heterocycles. The van der Waals surface area contributed by atoms with Gasteiger partial charge >= 0.3 is 5.38 Å².